The number of nitrogen functional groups attached to an aromatic ring is 1. The van der Waals surface area contributed by atoms with Gasteiger partial charge in [-0.25, -0.2) is 14.4 Å². The highest BCUT2D eigenvalue weighted by Crippen LogP contribution is 2.49. The molecule has 1 aromatic heterocycles. The number of anilines is 1. The fourth-order valence-electron chi connectivity index (χ4n) is 3.05. The van der Waals surface area contributed by atoms with Gasteiger partial charge in [0.25, 0.3) is 0 Å². The lowest BCUT2D eigenvalue weighted by molar-refractivity contribution is -0.0558. The summed E-state index contributed by atoms with van der Waals surface area (Å²) in [4.78, 5) is 8.44. The highest BCUT2D eigenvalue weighted by molar-refractivity contribution is 5.75. The van der Waals surface area contributed by atoms with Crippen LogP contribution in [0.2, 0.25) is 0 Å². The Morgan fingerprint density at radius 2 is 2.00 bits per heavy atom. The van der Waals surface area contributed by atoms with E-state index in [9.17, 15) is 4.39 Å². The van der Waals surface area contributed by atoms with Crippen LogP contribution >= 0.6 is 0 Å². The van der Waals surface area contributed by atoms with Gasteiger partial charge in [0, 0.05) is 30.2 Å². The Morgan fingerprint density at radius 3 is 2.81 bits per heavy atom. The van der Waals surface area contributed by atoms with Crippen molar-refractivity contribution in [3.63, 3.8) is 0 Å². The van der Waals surface area contributed by atoms with Crippen LogP contribution in [0.15, 0.2) is 24.4 Å². The lowest BCUT2D eigenvalue weighted by Gasteiger charge is -2.41. The van der Waals surface area contributed by atoms with Gasteiger partial charge in [0.1, 0.15) is 0 Å². The number of hydrogen-bond donors (Lipinski definition) is 1. The van der Waals surface area contributed by atoms with Gasteiger partial charge in [-0.3, -0.25) is 0 Å². The molecule has 3 heterocycles. The molecule has 0 aliphatic carbocycles. The normalized spacial score (nSPS) is 18.7. The number of nitrogens with zero attached hydrogens (tertiary/aromatic N) is 2. The van der Waals surface area contributed by atoms with Crippen LogP contribution in [0.4, 0.5) is 10.3 Å². The second-order valence-electron chi connectivity index (χ2n) is 5.32. The van der Waals surface area contributed by atoms with Gasteiger partial charge in [0.05, 0.1) is 18.9 Å². The minimum Gasteiger partial charge on any atom is -0.477 e. The highest BCUT2D eigenvalue weighted by atomic mass is 19.1. The molecule has 0 radical (unpaired) electrons. The minimum absolute atomic E-state index is 0.197. The third-order valence-electron chi connectivity index (χ3n) is 4.09. The molecule has 2 aromatic rings. The molecule has 1 fully saturated rings. The average Bonchev–Trinajstić information content (AvgIpc) is 2.50. The Kier molecular flexibility index (Phi) is 2.62. The van der Waals surface area contributed by atoms with Crippen molar-refractivity contribution >= 4 is 5.95 Å². The molecule has 0 unspecified atom stereocenters. The van der Waals surface area contributed by atoms with Crippen LogP contribution < -0.4 is 10.5 Å². The van der Waals surface area contributed by atoms with Crippen LogP contribution in [0.5, 0.6) is 5.75 Å². The maximum absolute atomic E-state index is 14.2. The first-order chi connectivity index (χ1) is 10.2. The molecule has 1 aromatic carbocycles. The maximum atomic E-state index is 14.2. The summed E-state index contributed by atoms with van der Waals surface area (Å²) in [5, 5.41) is 0. The van der Waals surface area contributed by atoms with Gasteiger partial charge in [-0.05, 0) is 6.07 Å². The van der Waals surface area contributed by atoms with Crippen LogP contribution in [0, 0.1) is 5.82 Å². The summed E-state index contributed by atoms with van der Waals surface area (Å²) in [5.41, 5.74) is 7.24. The van der Waals surface area contributed by atoms with E-state index in [2.05, 4.69) is 9.97 Å². The Morgan fingerprint density at radius 1 is 1.19 bits per heavy atom. The zero-order valence-electron chi connectivity index (χ0n) is 11.3. The van der Waals surface area contributed by atoms with Crippen molar-refractivity contribution in [3.05, 3.63) is 35.9 Å². The van der Waals surface area contributed by atoms with E-state index in [0.29, 0.717) is 31.6 Å². The zero-order valence-corrected chi connectivity index (χ0v) is 11.3. The third-order valence-corrected chi connectivity index (χ3v) is 4.09. The van der Waals surface area contributed by atoms with E-state index in [1.807, 2.05) is 6.07 Å². The van der Waals surface area contributed by atoms with E-state index < -0.39 is 5.60 Å². The van der Waals surface area contributed by atoms with Gasteiger partial charge in [-0.1, -0.05) is 12.1 Å². The first-order valence-electron chi connectivity index (χ1n) is 6.88. The zero-order chi connectivity index (χ0) is 14.4. The van der Waals surface area contributed by atoms with E-state index in [1.165, 1.54) is 6.07 Å². The van der Waals surface area contributed by atoms with Crippen molar-refractivity contribution in [2.45, 2.75) is 18.4 Å². The summed E-state index contributed by atoms with van der Waals surface area (Å²) in [6.45, 7) is 1.10. The molecule has 5 nitrogen and oxygen atoms in total. The molecule has 2 aliphatic heterocycles. The van der Waals surface area contributed by atoms with Crippen LogP contribution in [-0.2, 0) is 10.3 Å². The molecule has 1 saturated heterocycles. The predicted molar refractivity (Wildman–Crippen MR) is 74.2 cm³/mol. The fourth-order valence-corrected chi connectivity index (χ4v) is 3.05. The van der Waals surface area contributed by atoms with Crippen molar-refractivity contribution in [2.24, 2.45) is 0 Å². The van der Waals surface area contributed by atoms with Crippen LogP contribution in [0.3, 0.4) is 0 Å². The molecule has 0 amide bonds. The summed E-state index contributed by atoms with van der Waals surface area (Å²) in [7, 11) is 0. The predicted octanol–water partition coefficient (Wildman–Crippen LogP) is 2.26. The third kappa shape index (κ3) is 1.79. The number of halogens is 1. The summed E-state index contributed by atoms with van der Waals surface area (Å²) >= 11 is 0. The second kappa shape index (κ2) is 4.39. The lowest BCUT2D eigenvalue weighted by atomic mass is 9.83. The van der Waals surface area contributed by atoms with Crippen molar-refractivity contribution in [1.82, 2.24) is 9.97 Å². The molecule has 2 aliphatic rings. The molecule has 108 valence electrons. The Hall–Kier alpha value is -2.21. The summed E-state index contributed by atoms with van der Waals surface area (Å²) < 4.78 is 25.6. The Bertz CT molecular complexity index is 714. The largest absolute Gasteiger partial charge is 0.477 e. The van der Waals surface area contributed by atoms with Gasteiger partial charge in [0.2, 0.25) is 5.95 Å². The Labute approximate surface area is 120 Å². The molecule has 0 atom stereocenters. The van der Waals surface area contributed by atoms with E-state index in [4.69, 9.17) is 15.2 Å². The molecule has 6 heteroatoms. The number of nitrogens with two attached hydrogens (primary N) is 1. The quantitative estimate of drug-likeness (QED) is 0.805. The number of hydrogen-bond acceptors (Lipinski definition) is 5. The molecular weight excluding hydrogens is 273 g/mol. The summed E-state index contributed by atoms with van der Waals surface area (Å²) in [6.07, 6.45) is 2.88. The van der Waals surface area contributed by atoms with Crippen molar-refractivity contribution in [3.8, 4) is 16.9 Å². The monoisotopic (exact) mass is 287 g/mol. The molecule has 2 N–H and O–H groups in total. The van der Waals surface area contributed by atoms with Crippen molar-refractivity contribution < 1.29 is 13.9 Å². The number of benzene rings is 1. The van der Waals surface area contributed by atoms with Gasteiger partial charge >= 0.3 is 0 Å². The SMILES string of the molecule is Nc1ncc2c(n1)C1(CCOCC1)Oc1c(F)cccc1-2. The maximum Gasteiger partial charge on any atom is 0.220 e. The molecule has 1 spiro atoms. The molecular formula is C15H14FN3O2. The first kappa shape index (κ1) is 12.5. The lowest BCUT2D eigenvalue weighted by Crippen LogP contribution is -2.42. The smallest absolute Gasteiger partial charge is 0.220 e. The van der Waals surface area contributed by atoms with Gasteiger partial charge in [0.15, 0.2) is 17.2 Å². The van der Waals surface area contributed by atoms with Crippen LogP contribution in [0.1, 0.15) is 18.5 Å². The molecule has 0 bridgehead atoms. The number of fused-ring (bicyclic) bond motifs is 4. The number of ether oxygens (including phenoxy) is 2. The van der Waals surface area contributed by atoms with E-state index in [0.717, 1.165) is 11.3 Å². The fraction of sp³-hybridized carbons (Fsp3) is 0.333. The Balaban J connectivity index is 1.99. The second-order valence-corrected chi connectivity index (χ2v) is 5.32. The van der Waals surface area contributed by atoms with Crippen LogP contribution in [0.25, 0.3) is 11.1 Å². The van der Waals surface area contributed by atoms with E-state index in [1.54, 1.807) is 12.3 Å². The summed E-state index contributed by atoms with van der Waals surface area (Å²) in [5.74, 6) is 0.0872. The van der Waals surface area contributed by atoms with Crippen molar-refractivity contribution in [1.29, 1.82) is 0 Å². The standard InChI is InChI=1S/C15H14FN3O2/c16-11-3-1-2-9-10-8-18-14(17)19-13(10)15(21-12(9)11)4-6-20-7-5-15/h1-3,8H,4-7H2,(H2,17,18,19). The summed E-state index contributed by atoms with van der Waals surface area (Å²) in [6, 6.07) is 4.86. The average molecular weight is 287 g/mol. The van der Waals surface area contributed by atoms with E-state index >= 15 is 0 Å². The van der Waals surface area contributed by atoms with E-state index in [-0.39, 0.29) is 17.5 Å². The number of para-hydroxylation sites is 1. The van der Waals surface area contributed by atoms with Gasteiger partial charge in [-0.15, -0.1) is 0 Å². The minimum atomic E-state index is -0.681. The number of aromatic nitrogens is 2. The first-order valence-corrected chi connectivity index (χ1v) is 6.88. The molecule has 0 saturated carbocycles. The van der Waals surface area contributed by atoms with Gasteiger partial charge in [-0.2, -0.15) is 0 Å². The van der Waals surface area contributed by atoms with Gasteiger partial charge < -0.3 is 15.2 Å². The topological polar surface area (TPSA) is 70.3 Å². The molecule has 4 rings (SSSR count). The van der Waals surface area contributed by atoms with Crippen LogP contribution in [-0.4, -0.2) is 23.2 Å². The number of rotatable bonds is 0. The molecule has 21 heavy (non-hydrogen) atoms. The highest BCUT2D eigenvalue weighted by Gasteiger charge is 2.45. The van der Waals surface area contributed by atoms with Crippen molar-refractivity contribution in [2.75, 3.05) is 18.9 Å².